The first-order chi connectivity index (χ1) is 16.9. The maximum Gasteiger partial charge on any atom is 0.337 e. The number of hydrogen-bond acceptors (Lipinski definition) is 10. The van der Waals surface area contributed by atoms with Crippen molar-refractivity contribution >= 4 is 29.8 Å². The SMILES string of the molecule is C=C1C(=O)O[C@@H]2/C=C(/C)[C@@H](OC(C)=O)C/C=C(/C)C[C@@H](OC(=O)/C(=C/COC(C)=O)COC(C)=O)[C@@H]12. The van der Waals surface area contributed by atoms with Gasteiger partial charge in [-0.2, -0.15) is 0 Å². The molecular weight excluding hydrogens is 472 g/mol. The number of ether oxygens (including phenoxy) is 5. The zero-order chi connectivity index (χ0) is 27.0. The third-order valence-electron chi connectivity index (χ3n) is 5.68. The van der Waals surface area contributed by atoms with Crippen molar-refractivity contribution in [3.63, 3.8) is 0 Å². The predicted molar refractivity (Wildman–Crippen MR) is 126 cm³/mol. The van der Waals surface area contributed by atoms with Crippen LogP contribution in [0.5, 0.6) is 0 Å². The average Bonchev–Trinajstić information content (AvgIpc) is 3.04. The van der Waals surface area contributed by atoms with Crippen LogP contribution in [0.4, 0.5) is 0 Å². The van der Waals surface area contributed by atoms with Crippen LogP contribution in [0.2, 0.25) is 0 Å². The molecule has 10 heteroatoms. The van der Waals surface area contributed by atoms with Crippen molar-refractivity contribution in [2.24, 2.45) is 5.92 Å². The van der Waals surface area contributed by atoms with Crippen molar-refractivity contribution in [2.45, 2.75) is 65.8 Å². The minimum Gasteiger partial charge on any atom is -0.462 e. The highest BCUT2D eigenvalue weighted by molar-refractivity contribution is 5.92. The van der Waals surface area contributed by atoms with Crippen molar-refractivity contribution in [3.05, 3.63) is 47.1 Å². The molecule has 2 rings (SSSR count). The van der Waals surface area contributed by atoms with Gasteiger partial charge in [0.1, 0.15) is 31.5 Å². The number of hydrogen-bond donors (Lipinski definition) is 0. The lowest BCUT2D eigenvalue weighted by molar-refractivity contribution is -0.150. The molecule has 0 unspecified atom stereocenters. The van der Waals surface area contributed by atoms with Crippen LogP contribution in [-0.2, 0) is 47.7 Å². The van der Waals surface area contributed by atoms with Gasteiger partial charge in [0.25, 0.3) is 0 Å². The first-order valence-electron chi connectivity index (χ1n) is 11.5. The minimum absolute atomic E-state index is 0.0285. The number of fused-ring (bicyclic) bond motifs is 1. The molecule has 0 aromatic rings. The van der Waals surface area contributed by atoms with Crippen molar-refractivity contribution in [2.75, 3.05) is 13.2 Å². The van der Waals surface area contributed by atoms with Gasteiger partial charge in [0.2, 0.25) is 0 Å². The second kappa shape index (κ2) is 12.9. The highest BCUT2D eigenvalue weighted by Crippen LogP contribution is 2.36. The van der Waals surface area contributed by atoms with E-state index in [4.69, 9.17) is 23.7 Å². The van der Waals surface area contributed by atoms with E-state index in [0.717, 1.165) is 5.57 Å². The van der Waals surface area contributed by atoms with Crippen LogP contribution >= 0.6 is 0 Å². The number of esters is 5. The molecule has 0 radical (unpaired) electrons. The van der Waals surface area contributed by atoms with E-state index >= 15 is 0 Å². The van der Waals surface area contributed by atoms with Crippen molar-refractivity contribution in [1.82, 2.24) is 0 Å². The van der Waals surface area contributed by atoms with Gasteiger partial charge in [-0.3, -0.25) is 14.4 Å². The second-order valence-corrected chi connectivity index (χ2v) is 8.68. The molecule has 0 saturated carbocycles. The smallest absolute Gasteiger partial charge is 0.337 e. The van der Waals surface area contributed by atoms with Gasteiger partial charge in [-0.25, -0.2) is 9.59 Å². The van der Waals surface area contributed by atoms with Gasteiger partial charge in [-0.1, -0.05) is 18.2 Å². The Hall–Kier alpha value is -3.69. The van der Waals surface area contributed by atoms with Crippen LogP contribution in [-0.4, -0.2) is 61.4 Å². The van der Waals surface area contributed by atoms with Gasteiger partial charge in [0.05, 0.1) is 11.5 Å². The quantitative estimate of drug-likeness (QED) is 0.221. The lowest BCUT2D eigenvalue weighted by Crippen LogP contribution is -2.35. The standard InChI is InChI=1S/C26H32O10/c1-14-7-8-21(34-19(6)29)15(2)12-23-24(16(3)25(30)35-23)22(11-14)36-26(31)20(13-33-18(5)28)9-10-32-17(4)27/h7,9,12,21-24H,3,8,10-11,13H2,1-2,4-6H3/b14-7-,15-12-,20-9+/t21-,22+,23+,24+/m0/s1. The first-order valence-corrected chi connectivity index (χ1v) is 11.5. The van der Waals surface area contributed by atoms with Gasteiger partial charge < -0.3 is 23.7 Å². The van der Waals surface area contributed by atoms with Crippen LogP contribution < -0.4 is 0 Å². The van der Waals surface area contributed by atoms with Gasteiger partial charge in [0.15, 0.2) is 0 Å². The lowest BCUT2D eigenvalue weighted by atomic mass is 9.85. The molecule has 36 heavy (non-hydrogen) atoms. The molecule has 0 spiro atoms. The summed E-state index contributed by atoms with van der Waals surface area (Å²) in [5.41, 5.74) is 1.62. The van der Waals surface area contributed by atoms with Gasteiger partial charge in [0, 0.05) is 39.2 Å². The molecule has 1 fully saturated rings. The summed E-state index contributed by atoms with van der Waals surface area (Å²) >= 11 is 0. The largest absolute Gasteiger partial charge is 0.462 e. The molecule has 1 aliphatic heterocycles. The van der Waals surface area contributed by atoms with Gasteiger partial charge >= 0.3 is 29.8 Å². The highest BCUT2D eigenvalue weighted by Gasteiger charge is 2.45. The zero-order valence-electron chi connectivity index (χ0n) is 21.2. The van der Waals surface area contributed by atoms with E-state index in [9.17, 15) is 24.0 Å². The fourth-order valence-corrected chi connectivity index (χ4v) is 3.88. The van der Waals surface area contributed by atoms with E-state index < -0.39 is 54.1 Å². The molecule has 1 saturated heterocycles. The molecule has 196 valence electrons. The van der Waals surface area contributed by atoms with E-state index in [0.29, 0.717) is 12.0 Å². The molecule has 2 aliphatic rings. The second-order valence-electron chi connectivity index (χ2n) is 8.68. The Balaban J connectivity index is 2.38. The summed E-state index contributed by atoms with van der Waals surface area (Å²) in [6, 6.07) is 0. The number of rotatable bonds is 7. The van der Waals surface area contributed by atoms with Gasteiger partial charge in [-0.05, 0) is 31.6 Å². The molecule has 0 N–H and O–H groups in total. The topological polar surface area (TPSA) is 132 Å². The lowest BCUT2D eigenvalue weighted by Gasteiger charge is -2.28. The molecule has 1 aliphatic carbocycles. The third-order valence-corrected chi connectivity index (χ3v) is 5.68. The first kappa shape index (κ1) is 28.5. The third kappa shape index (κ3) is 8.21. The Morgan fingerprint density at radius 1 is 1.06 bits per heavy atom. The Morgan fingerprint density at radius 3 is 2.33 bits per heavy atom. The van der Waals surface area contributed by atoms with E-state index in [2.05, 4.69) is 6.58 Å². The molecule has 1 heterocycles. The summed E-state index contributed by atoms with van der Waals surface area (Å²) < 4.78 is 26.6. The van der Waals surface area contributed by atoms with Crippen LogP contribution in [0, 0.1) is 5.92 Å². The van der Waals surface area contributed by atoms with Crippen LogP contribution in [0.15, 0.2) is 47.1 Å². The summed E-state index contributed by atoms with van der Waals surface area (Å²) in [5, 5.41) is 0. The predicted octanol–water partition coefficient (Wildman–Crippen LogP) is 2.67. The minimum atomic E-state index is -0.846. The maximum absolute atomic E-state index is 13.1. The summed E-state index contributed by atoms with van der Waals surface area (Å²) in [6.07, 6.45) is 3.31. The Labute approximate surface area is 209 Å². The monoisotopic (exact) mass is 504 g/mol. The summed E-state index contributed by atoms with van der Waals surface area (Å²) in [6.45, 7) is 10.6. The highest BCUT2D eigenvalue weighted by atomic mass is 16.6. The number of carbonyl (C=O) groups excluding carboxylic acids is 5. The summed E-state index contributed by atoms with van der Waals surface area (Å²) in [4.78, 5) is 59.5. The molecule has 0 amide bonds. The summed E-state index contributed by atoms with van der Waals surface area (Å²) in [5.74, 6) is -3.72. The van der Waals surface area contributed by atoms with E-state index in [1.165, 1.54) is 26.8 Å². The Bertz CT molecular complexity index is 1020. The molecule has 0 aromatic carbocycles. The van der Waals surface area contributed by atoms with Crippen molar-refractivity contribution < 1.29 is 47.7 Å². The fraction of sp³-hybridized carbons (Fsp3) is 0.500. The summed E-state index contributed by atoms with van der Waals surface area (Å²) in [7, 11) is 0. The molecule has 10 nitrogen and oxygen atoms in total. The van der Waals surface area contributed by atoms with Crippen molar-refractivity contribution in [3.8, 4) is 0 Å². The molecule has 0 aromatic heterocycles. The molecule has 4 atom stereocenters. The maximum atomic E-state index is 13.1. The van der Waals surface area contributed by atoms with E-state index in [1.54, 1.807) is 13.0 Å². The fourth-order valence-electron chi connectivity index (χ4n) is 3.88. The molecule has 0 bridgehead atoms. The van der Waals surface area contributed by atoms with Crippen LogP contribution in [0.1, 0.15) is 47.5 Å². The van der Waals surface area contributed by atoms with Crippen LogP contribution in [0.3, 0.4) is 0 Å². The van der Waals surface area contributed by atoms with Crippen molar-refractivity contribution in [1.29, 1.82) is 0 Å². The zero-order valence-corrected chi connectivity index (χ0v) is 21.2. The average molecular weight is 505 g/mol. The van der Waals surface area contributed by atoms with Gasteiger partial charge in [-0.15, -0.1) is 0 Å². The Kier molecular flexibility index (Phi) is 10.2. The van der Waals surface area contributed by atoms with E-state index in [1.807, 2.05) is 13.0 Å². The molecular formula is C26H32O10. The Morgan fingerprint density at radius 2 is 1.72 bits per heavy atom. The van der Waals surface area contributed by atoms with E-state index in [-0.39, 0.29) is 30.8 Å². The normalized spacial score (nSPS) is 27.3. The number of carbonyl (C=O) groups is 5. The van der Waals surface area contributed by atoms with Crippen LogP contribution in [0.25, 0.3) is 0 Å².